The molecule has 2 heteroatoms. The molecule has 0 spiro atoms. The SMILES string of the molecule is Cc1cncc(C(C)C2CCNCC2)c1. The van der Waals surface area contributed by atoms with Crippen LogP contribution in [0.1, 0.15) is 36.8 Å². The molecule has 1 aromatic rings. The smallest absolute Gasteiger partial charge is 0.0302 e. The first-order valence-electron chi connectivity index (χ1n) is 5.89. The fourth-order valence-electron chi connectivity index (χ4n) is 2.44. The highest BCUT2D eigenvalue weighted by molar-refractivity contribution is 5.20. The first-order chi connectivity index (χ1) is 7.27. The highest BCUT2D eigenvalue weighted by atomic mass is 14.9. The quantitative estimate of drug-likeness (QED) is 0.800. The molecule has 82 valence electrons. The van der Waals surface area contributed by atoms with Gasteiger partial charge in [0, 0.05) is 12.4 Å². The maximum atomic E-state index is 4.28. The molecule has 15 heavy (non-hydrogen) atoms. The van der Waals surface area contributed by atoms with Gasteiger partial charge in [-0.05, 0) is 55.8 Å². The average Bonchev–Trinajstić information content (AvgIpc) is 2.29. The zero-order valence-corrected chi connectivity index (χ0v) is 9.66. The number of aromatic nitrogens is 1. The number of hydrogen-bond acceptors (Lipinski definition) is 2. The minimum atomic E-state index is 0.652. The molecule has 2 heterocycles. The minimum absolute atomic E-state index is 0.652. The normalized spacial score (nSPS) is 20.1. The molecule has 1 N–H and O–H groups in total. The van der Waals surface area contributed by atoms with Gasteiger partial charge in [-0.1, -0.05) is 13.0 Å². The van der Waals surface area contributed by atoms with Crippen LogP contribution in [-0.2, 0) is 0 Å². The van der Waals surface area contributed by atoms with Crippen molar-refractivity contribution < 1.29 is 0 Å². The van der Waals surface area contributed by atoms with Gasteiger partial charge in [-0.2, -0.15) is 0 Å². The van der Waals surface area contributed by atoms with E-state index in [9.17, 15) is 0 Å². The average molecular weight is 204 g/mol. The Balaban J connectivity index is 2.08. The molecule has 2 rings (SSSR count). The molecule has 1 fully saturated rings. The topological polar surface area (TPSA) is 24.9 Å². The van der Waals surface area contributed by atoms with Gasteiger partial charge in [0.25, 0.3) is 0 Å². The maximum Gasteiger partial charge on any atom is 0.0302 e. The van der Waals surface area contributed by atoms with Gasteiger partial charge in [-0.15, -0.1) is 0 Å². The highest BCUT2D eigenvalue weighted by Crippen LogP contribution is 2.30. The number of piperidine rings is 1. The van der Waals surface area contributed by atoms with Crippen molar-refractivity contribution in [2.75, 3.05) is 13.1 Å². The van der Waals surface area contributed by atoms with Crippen LogP contribution in [0.2, 0.25) is 0 Å². The van der Waals surface area contributed by atoms with E-state index in [2.05, 4.69) is 30.2 Å². The van der Waals surface area contributed by atoms with Crippen molar-refractivity contribution in [3.63, 3.8) is 0 Å². The summed E-state index contributed by atoms with van der Waals surface area (Å²) in [5.41, 5.74) is 2.68. The summed E-state index contributed by atoms with van der Waals surface area (Å²) in [7, 11) is 0. The van der Waals surface area contributed by atoms with Crippen LogP contribution in [0.25, 0.3) is 0 Å². The summed E-state index contributed by atoms with van der Waals surface area (Å²) >= 11 is 0. The van der Waals surface area contributed by atoms with Crippen LogP contribution in [0.15, 0.2) is 18.5 Å². The summed E-state index contributed by atoms with van der Waals surface area (Å²) in [5, 5.41) is 3.42. The molecule has 0 saturated carbocycles. The van der Waals surface area contributed by atoms with E-state index in [4.69, 9.17) is 0 Å². The molecular formula is C13H20N2. The number of nitrogens with one attached hydrogen (secondary N) is 1. The third kappa shape index (κ3) is 2.57. The van der Waals surface area contributed by atoms with E-state index in [0.717, 1.165) is 5.92 Å². The van der Waals surface area contributed by atoms with Gasteiger partial charge in [0.15, 0.2) is 0 Å². The minimum Gasteiger partial charge on any atom is -0.317 e. The van der Waals surface area contributed by atoms with Crippen LogP contribution in [0.5, 0.6) is 0 Å². The summed E-state index contributed by atoms with van der Waals surface area (Å²) in [5.74, 6) is 1.48. The summed E-state index contributed by atoms with van der Waals surface area (Å²) < 4.78 is 0. The van der Waals surface area contributed by atoms with E-state index in [1.807, 2.05) is 12.4 Å². The first-order valence-corrected chi connectivity index (χ1v) is 5.89. The predicted octanol–water partition coefficient (Wildman–Crippen LogP) is 2.49. The maximum absolute atomic E-state index is 4.28. The molecule has 1 atom stereocenters. The fourth-order valence-corrected chi connectivity index (χ4v) is 2.44. The van der Waals surface area contributed by atoms with Gasteiger partial charge < -0.3 is 5.32 Å². The molecule has 1 aliphatic heterocycles. The predicted molar refractivity (Wildman–Crippen MR) is 63.0 cm³/mol. The summed E-state index contributed by atoms with van der Waals surface area (Å²) in [6, 6.07) is 2.28. The van der Waals surface area contributed by atoms with Gasteiger partial charge in [-0.25, -0.2) is 0 Å². The Hall–Kier alpha value is -0.890. The van der Waals surface area contributed by atoms with E-state index < -0.39 is 0 Å². The highest BCUT2D eigenvalue weighted by Gasteiger charge is 2.21. The van der Waals surface area contributed by atoms with Crippen LogP contribution >= 0.6 is 0 Å². The van der Waals surface area contributed by atoms with Crippen molar-refractivity contribution in [2.24, 2.45) is 5.92 Å². The summed E-state index contributed by atoms with van der Waals surface area (Å²) in [4.78, 5) is 4.28. The van der Waals surface area contributed by atoms with E-state index >= 15 is 0 Å². The molecule has 2 nitrogen and oxygen atoms in total. The van der Waals surface area contributed by atoms with Crippen molar-refractivity contribution in [3.8, 4) is 0 Å². The van der Waals surface area contributed by atoms with E-state index in [-0.39, 0.29) is 0 Å². The van der Waals surface area contributed by atoms with Gasteiger partial charge >= 0.3 is 0 Å². The summed E-state index contributed by atoms with van der Waals surface area (Å²) in [6.45, 7) is 6.81. The van der Waals surface area contributed by atoms with Gasteiger partial charge in [-0.3, -0.25) is 4.98 Å². The lowest BCUT2D eigenvalue weighted by Crippen LogP contribution is -2.30. The number of rotatable bonds is 2. The van der Waals surface area contributed by atoms with Crippen molar-refractivity contribution >= 4 is 0 Å². The van der Waals surface area contributed by atoms with Crippen molar-refractivity contribution in [1.82, 2.24) is 10.3 Å². The lowest BCUT2D eigenvalue weighted by atomic mass is 9.82. The molecule has 0 aliphatic carbocycles. The van der Waals surface area contributed by atoms with Crippen LogP contribution in [0.3, 0.4) is 0 Å². The number of nitrogens with zero attached hydrogens (tertiary/aromatic N) is 1. The molecule has 1 aromatic heterocycles. The molecule has 1 saturated heterocycles. The Labute approximate surface area is 92.1 Å². The second-order valence-electron chi connectivity index (χ2n) is 4.67. The molecular weight excluding hydrogens is 184 g/mol. The van der Waals surface area contributed by atoms with E-state index in [0.29, 0.717) is 5.92 Å². The molecule has 0 amide bonds. The van der Waals surface area contributed by atoms with E-state index in [1.54, 1.807) is 0 Å². The van der Waals surface area contributed by atoms with Crippen molar-refractivity contribution in [1.29, 1.82) is 0 Å². The fraction of sp³-hybridized carbons (Fsp3) is 0.615. The zero-order chi connectivity index (χ0) is 10.7. The Morgan fingerprint density at radius 1 is 1.33 bits per heavy atom. The van der Waals surface area contributed by atoms with Crippen LogP contribution < -0.4 is 5.32 Å². The van der Waals surface area contributed by atoms with Gasteiger partial charge in [0.05, 0.1) is 0 Å². The molecule has 1 unspecified atom stereocenters. The molecule has 0 aromatic carbocycles. The Bertz CT molecular complexity index is 316. The zero-order valence-electron chi connectivity index (χ0n) is 9.66. The molecule has 0 radical (unpaired) electrons. The Morgan fingerprint density at radius 3 is 2.73 bits per heavy atom. The van der Waals surface area contributed by atoms with E-state index in [1.165, 1.54) is 37.1 Å². The van der Waals surface area contributed by atoms with Crippen LogP contribution in [-0.4, -0.2) is 18.1 Å². The Kier molecular flexibility index (Phi) is 3.37. The summed E-state index contributed by atoms with van der Waals surface area (Å²) in [6.07, 6.45) is 6.56. The van der Waals surface area contributed by atoms with Crippen molar-refractivity contribution in [2.45, 2.75) is 32.6 Å². The second kappa shape index (κ2) is 4.75. The third-order valence-electron chi connectivity index (χ3n) is 3.51. The second-order valence-corrected chi connectivity index (χ2v) is 4.67. The first kappa shape index (κ1) is 10.6. The third-order valence-corrected chi connectivity index (χ3v) is 3.51. The van der Waals surface area contributed by atoms with Crippen molar-refractivity contribution in [3.05, 3.63) is 29.6 Å². The Morgan fingerprint density at radius 2 is 2.07 bits per heavy atom. The largest absolute Gasteiger partial charge is 0.317 e. The molecule has 0 bridgehead atoms. The van der Waals surface area contributed by atoms with Gasteiger partial charge in [0.1, 0.15) is 0 Å². The monoisotopic (exact) mass is 204 g/mol. The standard InChI is InChI=1S/C13H20N2/c1-10-7-13(9-15-8-10)11(2)12-3-5-14-6-4-12/h7-9,11-12,14H,3-6H2,1-2H3. The number of pyridine rings is 1. The van der Waals surface area contributed by atoms with Gasteiger partial charge in [0.2, 0.25) is 0 Å². The lowest BCUT2D eigenvalue weighted by molar-refractivity contribution is 0.330. The number of aryl methyl sites for hydroxylation is 1. The van der Waals surface area contributed by atoms with Crippen LogP contribution in [0.4, 0.5) is 0 Å². The van der Waals surface area contributed by atoms with Crippen LogP contribution in [0, 0.1) is 12.8 Å². The molecule has 1 aliphatic rings. The lowest BCUT2D eigenvalue weighted by Gasteiger charge is -2.28. The number of hydrogen-bond donors (Lipinski definition) is 1.